The van der Waals surface area contributed by atoms with E-state index >= 15 is 0 Å². The van der Waals surface area contributed by atoms with Crippen molar-refractivity contribution in [1.82, 2.24) is 15.0 Å². The van der Waals surface area contributed by atoms with E-state index in [2.05, 4.69) is 15.0 Å². The SMILES string of the molecule is O=S(=O)(O)c1ccc2c(-c3ncnc(F)n3)cc(S(=O)(=O)O)cc2c1. The van der Waals surface area contributed by atoms with Gasteiger partial charge in [-0.2, -0.15) is 31.2 Å². The summed E-state index contributed by atoms with van der Waals surface area (Å²) in [4.78, 5) is 9.33. The van der Waals surface area contributed by atoms with Crippen molar-refractivity contribution in [2.24, 2.45) is 0 Å². The number of benzene rings is 2. The first kappa shape index (κ1) is 17.3. The Morgan fingerprint density at radius 1 is 0.880 bits per heavy atom. The number of hydrogen-bond donors (Lipinski definition) is 2. The van der Waals surface area contributed by atoms with Crippen LogP contribution in [0.2, 0.25) is 0 Å². The van der Waals surface area contributed by atoms with Crippen LogP contribution in [-0.4, -0.2) is 40.9 Å². The Bertz CT molecular complexity index is 1210. The van der Waals surface area contributed by atoms with Crippen LogP contribution in [0.1, 0.15) is 0 Å². The van der Waals surface area contributed by atoms with Crippen molar-refractivity contribution < 1.29 is 30.3 Å². The number of nitrogens with zero attached hydrogens (tertiary/aromatic N) is 3. The highest BCUT2D eigenvalue weighted by molar-refractivity contribution is 7.86. The largest absolute Gasteiger partial charge is 0.312 e. The minimum Gasteiger partial charge on any atom is -0.282 e. The van der Waals surface area contributed by atoms with E-state index in [1.54, 1.807) is 0 Å². The lowest BCUT2D eigenvalue weighted by atomic mass is 10.0. The summed E-state index contributed by atoms with van der Waals surface area (Å²) in [7, 11) is -9.20. The minimum atomic E-state index is -4.66. The van der Waals surface area contributed by atoms with Crippen LogP contribution in [-0.2, 0) is 20.2 Å². The zero-order chi connectivity index (χ0) is 18.4. The average molecular weight is 385 g/mol. The van der Waals surface area contributed by atoms with Crippen molar-refractivity contribution in [2.45, 2.75) is 9.79 Å². The van der Waals surface area contributed by atoms with Gasteiger partial charge in [0.25, 0.3) is 20.2 Å². The molecule has 3 rings (SSSR count). The molecule has 12 heteroatoms. The summed E-state index contributed by atoms with van der Waals surface area (Å²) in [5, 5.41) is 0.312. The Labute approximate surface area is 140 Å². The molecule has 0 spiro atoms. The number of hydrogen-bond acceptors (Lipinski definition) is 7. The molecule has 0 atom stereocenters. The van der Waals surface area contributed by atoms with Gasteiger partial charge in [-0.1, -0.05) is 6.07 Å². The summed E-state index contributed by atoms with van der Waals surface area (Å²) < 4.78 is 77.1. The molecule has 0 saturated carbocycles. The van der Waals surface area contributed by atoms with E-state index in [1.807, 2.05) is 0 Å². The van der Waals surface area contributed by atoms with E-state index in [0.29, 0.717) is 0 Å². The van der Waals surface area contributed by atoms with Gasteiger partial charge in [-0.3, -0.25) is 9.11 Å². The lowest BCUT2D eigenvalue weighted by molar-refractivity contribution is 0.481. The molecule has 1 aromatic heterocycles. The molecule has 130 valence electrons. The fraction of sp³-hybridized carbons (Fsp3) is 0. The first-order valence-electron chi connectivity index (χ1n) is 6.43. The predicted octanol–water partition coefficient (Wildman–Crippen LogP) is 1.32. The molecule has 3 aromatic rings. The summed E-state index contributed by atoms with van der Waals surface area (Å²) >= 11 is 0. The van der Waals surface area contributed by atoms with Crippen LogP contribution in [0, 0.1) is 6.08 Å². The van der Waals surface area contributed by atoms with Crippen molar-refractivity contribution in [3.63, 3.8) is 0 Å². The quantitative estimate of drug-likeness (QED) is 0.637. The van der Waals surface area contributed by atoms with Crippen LogP contribution >= 0.6 is 0 Å². The van der Waals surface area contributed by atoms with Crippen molar-refractivity contribution in [2.75, 3.05) is 0 Å². The summed E-state index contributed by atoms with van der Waals surface area (Å²) in [6.07, 6.45) is -0.235. The Balaban J connectivity index is 2.42. The van der Waals surface area contributed by atoms with Gasteiger partial charge in [0.05, 0.1) is 9.79 Å². The fourth-order valence-electron chi connectivity index (χ4n) is 2.22. The first-order chi connectivity index (χ1) is 11.6. The van der Waals surface area contributed by atoms with Crippen LogP contribution < -0.4 is 0 Å². The molecule has 25 heavy (non-hydrogen) atoms. The number of aromatic nitrogens is 3. The third-order valence-corrected chi connectivity index (χ3v) is 4.96. The Hall–Kier alpha value is -2.54. The molecule has 1 heterocycles. The van der Waals surface area contributed by atoms with E-state index in [-0.39, 0.29) is 22.2 Å². The van der Waals surface area contributed by atoms with E-state index in [9.17, 15) is 25.8 Å². The summed E-state index contributed by atoms with van der Waals surface area (Å²) in [5.41, 5.74) is 0.0216. The van der Waals surface area contributed by atoms with Crippen LogP contribution in [0.3, 0.4) is 0 Å². The topological polar surface area (TPSA) is 147 Å². The van der Waals surface area contributed by atoms with Crippen molar-refractivity contribution in [3.05, 3.63) is 42.7 Å². The van der Waals surface area contributed by atoms with Gasteiger partial charge in [0, 0.05) is 5.56 Å². The van der Waals surface area contributed by atoms with Crippen molar-refractivity contribution >= 4 is 31.0 Å². The van der Waals surface area contributed by atoms with Crippen LogP contribution in [0.15, 0.2) is 46.5 Å². The van der Waals surface area contributed by atoms with Crippen molar-refractivity contribution in [3.8, 4) is 11.4 Å². The fourth-order valence-corrected chi connectivity index (χ4v) is 3.28. The second-order valence-corrected chi connectivity index (χ2v) is 7.73. The van der Waals surface area contributed by atoms with Gasteiger partial charge in [-0.25, -0.2) is 4.98 Å². The Morgan fingerprint density at radius 3 is 2.12 bits per heavy atom. The molecule has 0 radical (unpaired) electrons. The molecule has 0 amide bonds. The highest BCUT2D eigenvalue weighted by Gasteiger charge is 2.18. The summed E-state index contributed by atoms with van der Waals surface area (Å²) in [6, 6.07) is 5.36. The van der Waals surface area contributed by atoms with Gasteiger partial charge in [0.2, 0.25) is 0 Å². The summed E-state index contributed by atoms with van der Waals surface area (Å²) in [6.45, 7) is 0. The van der Waals surface area contributed by atoms with Crippen LogP contribution in [0.5, 0.6) is 0 Å². The lowest BCUT2D eigenvalue weighted by Gasteiger charge is -2.09. The summed E-state index contributed by atoms with van der Waals surface area (Å²) in [5.74, 6) is -0.220. The van der Waals surface area contributed by atoms with Crippen molar-refractivity contribution in [1.29, 1.82) is 0 Å². The minimum absolute atomic E-state index is 0.0216. The molecule has 2 aromatic carbocycles. The zero-order valence-corrected chi connectivity index (χ0v) is 13.7. The van der Waals surface area contributed by atoms with E-state index < -0.39 is 36.1 Å². The smallest absolute Gasteiger partial charge is 0.282 e. The number of fused-ring (bicyclic) bond motifs is 1. The average Bonchev–Trinajstić information content (AvgIpc) is 2.51. The molecule has 0 aliphatic heterocycles. The zero-order valence-electron chi connectivity index (χ0n) is 12.0. The Kier molecular flexibility index (Phi) is 3.99. The van der Waals surface area contributed by atoms with Gasteiger partial charge in [-0.15, -0.1) is 0 Å². The molecule has 0 bridgehead atoms. The monoisotopic (exact) mass is 385 g/mol. The molecule has 0 fully saturated rings. The highest BCUT2D eigenvalue weighted by atomic mass is 32.2. The van der Waals surface area contributed by atoms with Gasteiger partial charge in [-0.05, 0) is 35.0 Å². The van der Waals surface area contributed by atoms with Gasteiger partial charge >= 0.3 is 6.08 Å². The molecule has 0 saturated heterocycles. The molecular weight excluding hydrogens is 377 g/mol. The molecule has 0 aliphatic carbocycles. The first-order valence-corrected chi connectivity index (χ1v) is 9.31. The standard InChI is InChI=1S/C13H8FN3O6S2/c14-13-16-6-15-12(17-13)11-5-9(25(21,22)23)4-7-3-8(24(18,19)20)1-2-10(7)11/h1-6H,(H,18,19,20)(H,21,22,23). The van der Waals surface area contributed by atoms with Gasteiger partial charge in [0.15, 0.2) is 5.82 Å². The van der Waals surface area contributed by atoms with Crippen LogP contribution in [0.25, 0.3) is 22.2 Å². The Morgan fingerprint density at radius 2 is 1.52 bits per heavy atom. The molecule has 0 unspecified atom stereocenters. The normalized spacial score (nSPS) is 12.4. The van der Waals surface area contributed by atoms with Gasteiger partial charge < -0.3 is 0 Å². The maximum absolute atomic E-state index is 13.3. The second-order valence-electron chi connectivity index (χ2n) is 4.88. The van der Waals surface area contributed by atoms with E-state index in [4.69, 9.17) is 4.55 Å². The highest BCUT2D eigenvalue weighted by Crippen LogP contribution is 2.31. The van der Waals surface area contributed by atoms with Crippen LogP contribution in [0.4, 0.5) is 4.39 Å². The van der Waals surface area contributed by atoms with E-state index in [0.717, 1.165) is 30.6 Å². The maximum Gasteiger partial charge on any atom is 0.312 e. The lowest BCUT2D eigenvalue weighted by Crippen LogP contribution is -2.02. The molecule has 0 aliphatic rings. The third-order valence-electron chi connectivity index (χ3n) is 3.28. The number of rotatable bonds is 3. The van der Waals surface area contributed by atoms with E-state index in [1.165, 1.54) is 6.07 Å². The molecular formula is C13H8FN3O6S2. The predicted molar refractivity (Wildman–Crippen MR) is 82.4 cm³/mol. The third kappa shape index (κ3) is 3.46. The maximum atomic E-state index is 13.3. The number of halogens is 1. The molecule has 2 N–H and O–H groups in total. The second kappa shape index (κ2) is 5.77. The molecule has 9 nitrogen and oxygen atoms in total. The van der Waals surface area contributed by atoms with Gasteiger partial charge in [0.1, 0.15) is 6.33 Å².